The fourth-order valence-corrected chi connectivity index (χ4v) is 3.51. The minimum Gasteiger partial charge on any atom is -0.315 e. The van der Waals surface area contributed by atoms with Gasteiger partial charge in [-0.15, -0.1) is 0 Å². The molecule has 1 heterocycles. The zero-order chi connectivity index (χ0) is 15.0. The summed E-state index contributed by atoms with van der Waals surface area (Å²) < 4.78 is 1.08. The quantitative estimate of drug-likeness (QED) is 0.651. The van der Waals surface area contributed by atoms with E-state index in [0.29, 0.717) is 6.42 Å². The summed E-state index contributed by atoms with van der Waals surface area (Å²) >= 11 is 7.24. The summed E-state index contributed by atoms with van der Waals surface area (Å²) in [5, 5.41) is 0. The number of hydrogen-bond acceptors (Lipinski definition) is 1. The number of alkyl halides is 1. The van der Waals surface area contributed by atoms with Gasteiger partial charge in [0.05, 0.1) is 4.83 Å². The molecular weight excluding hydrogens is 394 g/mol. The van der Waals surface area contributed by atoms with Crippen molar-refractivity contribution in [3.63, 3.8) is 0 Å². The van der Waals surface area contributed by atoms with E-state index in [1.807, 2.05) is 7.05 Å². The third-order valence-corrected chi connectivity index (χ3v) is 5.49. The number of benzene rings is 2. The molecule has 108 valence electrons. The van der Waals surface area contributed by atoms with Crippen molar-refractivity contribution in [2.45, 2.75) is 17.7 Å². The van der Waals surface area contributed by atoms with Crippen molar-refractivity contribution >= 4 is 43.5 Å². The molecule has 2 nitrogen and oxygen atoms in total. The molecule has 1 amide bonds. The second-order valence-corrected chi connectivity index (χ2v) is 7.09. The summed E-state index contributed by atoms with van der Waals surface area (Å²) in [6, 6.07) is 14.7. The Kier molecular flexibility index (Phi) is 4.18. The van der Waals surface area contributed by atoms with Crippen LogP contribution in [0.5, 0.6) is 0 Å². The Morgan fingerprint density at radius 2 is 1.71 bits per heavy atom. The zero-order valence-corrected chi connectivity index (χ0v) is 14.8. The highest BCUT2D eigenvalue weighted by molar-refractivity contribution is 9.10. The first-order chi connectivity index (χ1) is 10.1. The molecule has 3 rings (SSSR count). The summed E-state index contributed by atoms with van der Waals surface area (Å²) in [5.74, 6) is 0.193. The number of hydrogen-bond donors (Lipinski definition) is 0. The number of aryl methyl sites for hydroxylation is 1. The van der Waals surface area contributed by atoms with Crippen LogP contribution in [0, 0.1) is 0 Å². The normalized spacial score (nSPS) is 15.8. The Morgan fingerprint density at radius 1 is 1.05 bits per heavy atom. The van der Waals surface area contributed by atoms with E-state index in [-0.39, 0.29) is 10.7 Å². The van der Waals surface area contributed by atoms with Gasteiger partial charge in [0, 0.05) is 23.6 Å². The molecule has 21 heavy (non-hydrogen) atoms. The lowest BCUT2D eigenvalue weighted by Gasteiger charge is -2.26. The first kappa shape index (κ1) is 14.8. The maximum absolute atomic E-state index is 11.7. The van der Waals surface area contributed by atoms with Crippen molar-refractivity contribution < 1.29 is 4.79 Å². The van der Waals surface area contributed by atoms with Crippen LogP contribution in [0.3, 0.4) is 0 Å². The predicted octanol–water partition coefficient (Wildman–Crippen LogP) is 4.84. The number of halogens is 2. The van der Waals surface area contributed by atoms with Gasteiger partial charge in [-0.2, -0.15) is 0 Å². The third kappa shape index (κ3) is 2.92. The molecule has 0 aliphatic carbocycles. The number of fused-ring (bicyclic) bond motifs is 1. The van der Waals surface area contributed by atoms with Gasteiger partial charge in [-0.1, -0.05) is 56.1 Å². The van der Waals surface area contributed by atoms with Gasteiger partial charge < -0.3 is 4.90 Å². The summed E-state index contributed by atoms with van der Waals surface area (Å²) in [7, 11) is 1.85. The molecule has 0 spiro atoms. The topological polar surface area (TPSA) is 20.3 Å². The minimum atomic E-state index is 0.166. The van der Waals surface area contributed by atoms with Crippen molar-refractivity contribution in [1.29, 1.82) is 0 Å². The highest BCUT2D eigenvalue weighted by atomic mass is 79.9. The fraction of sp³-hybridized carbons (Fsp3) is 0.235. The Balaban J connectivity index is 1.93. The lowest BCUT2D eigenvalue weighted by atomic mass is 9.96. The van der Waals surface area contributed by atoms with E-state index in [2.05, 4.69) is 74.3 Å². The van der Waals surface area contributed by atoms with Crippen LogP contribution in [0.25, 0.3) is 0 Å². The van der Waals surface area contributed by atoms with Crippen LogP contribution in [-0.4, -0.2) is 13.0 Å². The molecule has 1 unspecified atom stereocenters. The molecule has 0 N–H and O–H groups in total. The van der Waals surface area contributed by atoms with Crippen molar-refractivity contribution in [2.24, 2.45) is 0 Å². The number of anilines is 1. The first-order valence-electron chi connectivity index (χ1n) is 6.85. The molecule has 2 aromatic carbocycles. The second-order valence-electron chi connectivity index (χ2n) is 5.26. The molecule has 1 aliphatic heterocycles. The van der Waals surface area contributed by atoms with E-state index < -0.39 is 0 Å². The van der Waals surface area contributed by atoms with Crippen LogP contribution < -0.4 is 4.90 Å². The molecule has 2 aromatic rings. The van der Waals surface area contributed by atoms with E-state index in [1.165, 1.54) is 16.7 Å². The van der Waals surface area contributed by atoms with Crippen LogP contribution in [0.4, 0.5) is 5.69 Å². The van der Waals surface area contributed by atoms with Gasteiger partial charge in [-0.3, -0.25) is 4.79 Å². The average Bonchev–Trinajstić information content (AvgIpc) is 2.51. The molecule has 1 aliphatic rings. The molecule has 0 saturated carbocycles. The summed E-state index contributed by atoms with van der Waals surface area (Å²) in [6.45, 7) is 0. The van der Waals surface area contributed by atoms with Crippen LogP contribution >= 0.6 is 31.9 Å². The van der Waals surface area contributed by atoms with E-state index in [1.54, 1.807) is 4.90 Å². The van der Waals surface area contributed by atoms with Gasteiger partial charge in [0.1, 0.15) is 0 Å². The second kappa shape index (κ2) is 5.93. The lowest BCUT2D eigenvalue weighted by molar-refractivity contribution is -0.118. The maximum atomic E-state index is 11.7. The maximum Gasteiger partial charge on any atom is 0.227 e. The molecule has 0 radical (unpaired) electrons. The average molecular weight is 409 g/mol. The van der Waals surface area contributed by atoms with Gasteiger partial charge >= 0.3 is 0 Å². The molecular formula is C17H15Br2NO. The van der Waals surface area contributed by atoms with E-state index >= 15 is 0 Å². The van der Waals surface area contributed by atoms with Gasteiger partial charge in [0.15, 0.2) is 0 Å². The molecule has 0 bridgehead atoms. The van der Waals surface area contributed by atoms with Crippen LogP contribution in [-0.2, 0) is 11.2 Å². The van der Waals surface area contributed by atoms with E-state index in [9.17, 15) is 4.79 Å². The van der Waals surface area contributed by atoms with Crippen LogP contribution in [0.1, 0.15) is 27.9 Å². The van der Waals surface area contributed by atoms with Crippen molar-refractivity contribution in [2.75, 3.05) is 11.9 Å². The Hall–Kier alpha value is -1.13. The number of carbonyl (C=O) groups excluding carboxylic acids is 1. The van der Waals surface area contributed by atoms with Crippen LogP contribution in [0.2, 0.25) is 0 Å². The fourth-order valence-electron chi connectivity index (χ4n) is 2.66. The van der Waals surface area contributed by atoms with Gasteiger partial charge in [-0.25, -0.2) is 0 Å². The van der Waals surface area contributed by atoms with Crippen molar-refractivity contribution in [3.8, 4) is 0 Å². The van der Waals surface area contributed by atoms with Crippen LogP contribution in [0.15, 0.2) is 46.9 Å². The molecule has 0 fully saturated rings. The molecule has 4 heteroatoms. The third-order valence-electron chi connectivity index (χ3n) is 3.90. The number of rotatable bonds is 2. The molecule has 1 atom stereocenters. The number of carbonyl (C=O) groups is 1. The lowest BCUT2D eigenvalue weighted by Crippen LogP contribution is -2.31. The molecule has 0 saturated heterocycles. The Bertz CT molecular complexity index is 682. The highest BCUT2D eigenvalue weighted by Gasteiger charge is 2.22. The van der Waals surface area contributed by atoms with E-state index in [0.717, 1.165) is 16.6 Å². The summed E-state index contributed by atoms with van der Waals surface area (Å²) in [5.41, 5.74) is 4.72. The van der Waals surface area contributed by atoms with Gasteiger partial charge in [-0.05, 0) is 41.3 Å². The van der Waals surface area contributed by atoms with Crippen molar-refractivity contribution in [3.05, 3.63) is 63.6 Å². The number of amides is 1. The Morgan fingerprint density at radius 3 is 2.43 bits per heavy atom. The van der Waals surface area contributed by atoms with Gasteiger partial charge in [0.2, 0.25) is 5.91 Å². The van der Waals surface area contributed by atoms with Gasteiger partial charge in [0.25, 0.3) is 0 Å². The summed E-state index contributed by atoms with van der Waals surface area (Å²) in [4.78, 5) is 13.7. The smallest absolute Gasteiger partial charge is 0.227 e. The SMILES string of the molecule is CN1C(=O)CCc2cc(C(Br)c3ccc(Br)cc3)ccc21. The first-order valence-corrected chi connectivity index (χ1v) is 8.56. The van der Waals surface area contributed by atoms with E-state index in [4.69, 9.17) is 0 Å². The Labute approximate surface area is 141 Å². The predicted molar refractivity (Wildman–Crippen MR) is 93.1 cm³/mol. The summed E-state index contributed by atoms with van der Waals surface area (Å²) in [6.07, 6.45) is 1.42. The molecule has 0 aromatic heterocycles. The largest absolute Gasteiger partial charge is 0.315 e. The number of nitrogens with zero attached hydrogens (tertiary/aromatic N) is 1. The zero-order valence-electron chi connectivity index (χ0n) is 11.6. The standard InChI is InChI=1S/C17H15Br2NO/c1-20-15-8-4-13(10-12(15)5-9-16(20)21)17(19)11-2-6-14(18)7-3-11/h2-4,6-8,10,17H,5,9H2,1H3. The monoisotopic (exact) mass is 407 g/mol. The minimum absolute atomic E-state index is 0.166. The van der Waals surface area contributed by atoms with Crippen molar-refractivity contribution in [1.82, 2.24) is 0 Å². The highest BCUT2D eigenvalue weighted by Crippen LogP contribution is 2.35.